The van der Waals surface area contributed by atoms with Crippen molar-refractivity contribution in [1.29, 1.82) is 0 Å². The molecule has 1 aliphatic heterocycles. The Bertz CT molecular complexity index is 955. The Morgan fingerprint density at radius 1 is 1.31 bits per heavy atom. The first-order valence-corrected chi connectivity index (χ1v) is 10.7. The van der Waals surface area contributed by atoms with Crippen molar-refractivity contribution >= 4 is 34.3 Å². The van der Waals surface area contributed by atoms with E-state index in [-0.39, 0.29) is 18.4 Å². The van der Waals surface area contributed by atoms with Gasteiger partial charge in [0, 0.05) is 10.9 Å². The van der Waals surface area contributed by atoms with Gasteiger partial charge in [-0.25, -0.2) is 9.78 Å². The number of aromatic nitrogens is 1. The Labute approximate surface area is 173 Å². The van der Waals surface area contributed by atoms with Gasteiger partial charge >= 0.3 is 6.03 Å². The first-order chi connectivity index (χ1) is 13.9. The van der Waals surface area contributed by atoms with Crippen molar-refractivity contribution in [1.82, 2.24) is 15.2 Å². The molecule has 4 amide bonds. The number of benzene rings is 1. The van der Waals surface area contributed by atoms with Gasteiger partial charge in [0.2, 0.25) is 5.91 Å². The van der Waals surface area contributed by atoms with Gasteiger partial charge in [-0.1, -0.05) is 49.6 Å². The average Bonchev–Trinajstić information content (AvgIpc) is 3.24. The van der Waals surface area contributed by atoms with Crippen LogP contribution < -0.4 is 10.6 Å². The molecule has 7 nitrogen and oxygen atoms in total. The fourth-order valence-corrected chi connectivity index (χ4v) is 4.87. The lowest BCUT2D eigenvalue weighted by Crippen LogP contribution is -2.54. The Hall–Kier alpha value is -2.74. The lowest BCUT2D eigenvalue weighted by atomic mass is 9.73. The molecule has 2 heterocycles. The zero-order valence-corrected chi connectivity index (χ0v) is 17.3. The highest BCUT2D eigenvalue weighted by atomic mass is 32.1. The maximum Gasteiger partial charge on any atom is 0.325 e. The molecular formula is C21H24N4O3S. The van der Waals surface area contributed by atoms with Gasteiger partial charge in [-0.2, -0.15) is 0 Å². The van der Waals surface area contributed by atoms with Gasteiger partial charge in [0.25, 0.3) is 5.91 Å². The van der Waals surface area contributed by atoms with Gasteiger partial charge in [0.1, 0.15) is 12.1 Å². The van der Waals surface area contributed by atoms with Crippen molar-refractivity contribution in [2.75, 3.05) is 11.9 Å². The van der Waals surface area contributed by atoms with Crippen molar-refractivity contribution in [3.63, 3.8) is 0 Å². The van der Waals surface area contributed by atoms with Crippen molar-refractivity contribution in [3.05, 3.63) is 35.2 Å². The number of anilines is 1. The zero-order valence-electron chi connectivity index (χ0n) is 16.5. The van der Waals surface area contributed by atoms with Crippen molar-refractivity contribution in [3.8, 4) is 11.3 Å². The third-order valence-corrected chi connectivity index (χ3v) is 6.66. The minimum absolute atomic E-state index is 0.0665. The largest absolute Gasteiger partial charge is 0.325 e. The number of carbonyl (C=O) groups excluding carboxylic acids is 3. The minimum atomic E-state index is -0.852. The van der Waals surface area contributed by atoms with Gasteiger partial charge in [0.15, 0.2) is 5.13 Å². The summed E-state index contributed by atoms with van der Waals surface area (Å²) in [6.07, 6.45) is 3.48. The molecule has 2 aromatic rings. The molecule has 0 unspecified atom stereocenters. The average molecular weight is 413 g/mol. The van der Waals surface area contributed by atoms with Crippen LogP contribution in [0.4, 0.5) is 9.93 Å². The van der Waals surface area contributed by atoms with Crippen LogP contribution in [0.3, 0.4) is 0 Å². The number of hydrogen-bond donors (Lipinski definition) is 2. The second-order valence-corrected chi connectivity index (χ2v) is 8.75. The summed E-state index contributed by atoms with van der Waals surface area (Å²) >= 11 is 1.31. The third-order valence-electron chi connectivity index (χ3n) is 5.90. The maximum atomic E-state index is 13.0. The Kier molecular flexibility index (Phi) is 5.12. The molecule has 0 bridgehead atoms. The number of aryl methyl sites for hydroxylation is 1. The fraction of sp³-hybridized carbons (Fsp3) is 0.429. The van der Waals surface area contributed by atoms with Gasteiger partial charge in [-0.05, 0) is 25.7 Å². The summed E-state index contributed by atoms with van der Waals surface area (Å²) < 4.78 is 0. The second kappa shape index (κ2) is 7.59. The summed E-state index contributed by atoms with van der Waals surface area (Å²) in [5, 5.41) is 7.88. The highest BCUT2D eigenvalue weighted by Crippen LogP contribution is 2.38. The number of nitrogens with one attached hydrogen (secondary N) is 2. The van der Waals surface area contributed by atoms with E-state index in [0.717, 1.165) is 41.0 Å². The molecule has 1 saturated heterocycles. The molecule has 1 saturated carbocycles. The lowest BCUT2D eigenvalue weighted by Gasteiger charge is -2.36. The minimum Gasteiger partial charge on any atom is -0.323 e. The molecule has 1 aromatic carbocycles. The number of carbonyl (C=O) groups is 3. The molecule has 1 aromatic heterocycles. The summed E-state index contributed by atoms with van der Waals surface area (Å²) in [6, 6.07) is 7.49. The molecule has 2 fully saturated rings. The van der Waals surface area contributed by atoms with Crippen LogP contribution >= 0.6 is 11.3 Å². The number of nitrogens with zero attached hydrogens (tertiary/aromatic N) is 2. The van der Waals surface area contributed by atoms with Crippen LogP contribution in [0.2, 0.25) is 0 Å². The fourth-order valence-electron chi connectivity index (χ4n) is 4.13. The van der Waals surface area contributed by atoms with E-state index in [2.05, 4.69) is 15.6 Å². The zero-order chi connectivity index (χ0) is 20.6. The Morgan fingerprint density at radius 2 is 2.07 bits per heavy atom. The second-order valence-electron chi connectivity index (χ2n) is 7.89. The van der Waals surface area contributed by atoms with E-state index in [9.17, 15) is 14.4 Å². The first kappa shape index (κ1) is 19.6. The molecule has 2 N–H and O–H groups in total. The Balaban J connectivity index is 1.42. The van der Waals surface area contributed by atoms with Crippen LogP contribution in [0, 0.1) is 12.8 Å². The summed E-state index contributed by atoms with van der Waals surface area (Å²) in [6.45, 7) is 3.70. The predicted molar refractivity (Wildman–Crippen MR) is 112 cm³/mol. The molecule has 1 spiro atoms. The van der Waals surface area contributed by atoms with Crippen LogP contribution in [0.15, 0.2) is 29.6 Å². The van der Waals surface area contributed by atoms with Crippen LogP contribution in [0.1, 0.15) is 38.2 Å². The van der Waals surface area contributed by atoms with E-state index in [1.807, 2.05) is 43.5 Å². The van der Waals surface area contributed by atoms with Gasteiger partial charge < -0.3 is 10.6 Å². The standard InChI is InChI=1S/C21H24N4O3S/c1-13-6-8-15(9-7-13)16-12-29-19(22-16)23-17(26)11-25-18(27)21(24-20(25)28)10-4-3-5-14(21)2/h6-9,12,14H,3-5,10-11H2,1-2H3,(H,24,28)(H,22,23,26)/t14-,21-/m0/s1. The molecule has 8 heteroatoms. The molecule has 29 heavy (non-hydrogen) atoms. The molecule has 2 aliphatic rings. The predicted octanol–water partition coefficient (Wildman–Crippen LogP) is 3.56. The van der Waals surface area contributed by atoms with E-state index in [4.69, 9.17) is 0 Å². The number of imide groups is 1. The molecule has 1 aliphatic carbocycles. The number of hydrogen-bond acceptors (Lipinski definition) is 5. The third kappa shape index (κ3) is 3.64. The van der Waals surface area contributed by atoms with Gasteiger partial charge in [0.05, 0.1) is 5.69 Å². The van der Waals surface area contributed by atoms with Crippen molar-refractivity contribution < 1.29 is 14.4 Å². The van der Waals surface area contributed by atoms with E-state index in [1.54, 1.807) is 0 Å². The smallest absolute Gasteiger partial charge is 0.323 e. The summed E-state index contributed by atoms with van der Waals surface area (Å²) in [5.41, 5.74) is 2.05. The molecule has 4 rings (SSSR count). The SMILES string of the molecule is Cc1ccc(-c2csc(NC(=O)CN3C(=O)N[C@]4(CCCC[C@@H]4C)C3=O)n2)cc1. The van der Waals surface area contributed by atoms with Crippen molar-refractivity contribution in [2.45, 2.75) is 45.1 Å². The van der Waals surface area contributed by atoms with Gasteiger partial charge in [-0.3, -0.25) is 14.5 Å². The van der Waals surface area contributed by atoms with Gasteiger partial charge in [-0.15, -0.1) is 11.3 Å². The molecule has 0 radical (unpaired) electrons. The van der Waals surface area contributed by atoms with Crippen LogP contribution in [0.5, 0.6) is 0 Å². The normalized spacial score (nSPS) is 24.1. The number of urea groups is 1. The highest BCUT2D eigenvalue weighted by molar-refractivity contribution is 7.14. The maximum absolute atomic E-state index is 13.0. The first-order valence-electron chi connectivity index (χ1n) is 9.85. The number of rotatable bonds is 4. The van der Waals surface area contributed by atoms with Crippen LogP contribution in [-0.2, 0) is 9.59 Å². The van der Waals surface area contributed by atoms with E-state index in [0.29, 0.717) is 11.6 Å². The van der Waals surface area contributed by atoms with E-state index >= 15 is 0 Å². The Morgan fingerprint density at radius 3 is 2.79 bits per heavy atom. The van der Waals surface area contributed by atoms with E-state index < -0.39 is 17.5 Å². The lowest BCUT2D eigenvalue weighted by molar-refractivity contribution is -0.136. The summed E-state index contributed by atoms with van der Waals surface area (Å²) in [7, 11) is 0. The summed E-state index contributed by atoms with van der Waals surface area (Å²) in [5.74, 6) is -0.653. The van der Waals surface area contributed by atoms with Crippen LogP contribution in [-0.4, -0.2) is 39.8 Å². The summed E-state index contributed by atoms with van der Waals surface area (Å²) in [4.78, 5) is 43.3. The number of thiazole rings is 1. The van der Waals surface area contributed by atoms with E-state index in [1.165, 1.54) is 11.3 Å². The number of amides is 4. The molecular weight excluding hydrogens is 388 g/mol. The highest BCUT2D eigenvalue weighted by Gasteiger charge is 2.55. The molecule has 2 atom stereocenters. The van der Waals surface area contributed by atoms with Crippen molar-refractivity contribution in [2.24, 2.45) is 5.92 Å². The monoisotopic (exact) mass is 412 g/mol. The quantitative estimate of drug-likeness (QED) is 0.751. The van der Waals surface area contributed by atoms with Crippen LogP contribution in [0.25, 0.3) is 11.3 Å². The topological polar surface area (TPSA) is 91.4 Å². The molecule has 152 valence electrons.